The van der Waals surface area contributed by atoms with Crippen LogP contribution in [0.5, 0.6) is 0 Å². The molecule has 0 saturated carbocycles. The maximum atomic E-state index is 5.84. The van der Waals surface area contributed by atoms with Crippen molar-refractivity contribution in [1.82, 2.24) is 4.98 Å². The first-order valence-corrected chi connectivity index (χ1v) is 5.41. The van der Waals surface area contributed by atoms with E-state index in [1.165, 1.54) is 0 Å². The standard InChI is InChI=1S/C12H21N3/c1-5-12(3,4)8-14-11-10(13)7-6-9(2)15-11/h6-7H,5,8,13H2,1-4H3,(H,14,15). The van der Waals surface area contributed by atoms with Gasteiger partial charge in [-0.3, -0.25) is 0 Å². The van der Waals surface area contributed by atoms with Gasteiger partial charge in [0.1, 0.15) is 5.82 Å². The SMILES string of the molecule is CCC(C)(C)CNc1nc(C)ccc1N. The van der Waals surface area contributed by atoms with Crippen molar-refractivity contribution in [3.05, 3.63) is 17.8 Å². The summed E-state index contributed by atoms with van der Waals surface area (Å²) >= 11 is 0. The lowest BCUT2D eigenvalue weighted by Gasteiger charge is -2.23. The minimum absolute atomic E-state index is 0.276. The maximum absolute atomic E-state index is 5.84. The molecule has 1 rings (SSSR count). The van der Waals surface area contributed by atoms with Gasteiger partial charge in [0.2, 0.25) is 0 Å². The van der Waals surface area contributed by atoms with Gasteiger partial charge in [-0.15, -0.1) is 0 Å². The van der Waals surface area contributed by atoms with E-state index in [2.05, 4.69) is 31.1 Å². The maximum Gasteiger partial charge on any atom is 0.149 e. The third-order valence-electron chi connectivity index (χ3n) is 2.76. The molecule has 0 radical (unpaired) electrons. The molecule has 3 N–H and O–H groups in total. The van der Waals surface area contributed by atoms with Crippen LogP contribution in [0.15, 0.2) is 12.1 Å². The topological polar surface area (TPSA) is 50.9 Å². The summed E-state index contributed by atoms with van der Waals surface area (Å²) in [7, 11) is 0. The molecule has 0 aliphatic carbocycles. The van der Waals surface area contributed by atoms with Crippen LogP contribution in [0.1, 0.15) is 32.9 Å². The lowest BCUT2D eigenvalue weighted by molar-refractivity contribution is 0.376. The van der Waals surface area contributed by atoms with Crippen molar-refractivity contribution in [3.63, 3.8) is 0 Å². The average molecular weight is 207 g/mol. The lowest BCUT2D eigenvalue weighted by atomic mass is 9.90. The Hall–Kier alpha value is -1.25. The summed E-state index contributed by atoms with van der Waals surface area (Å²) < 4.78 is 0. The van der Waals surface area contributed by atoms with Gasteiger partial charge in [0.15, 0.2) is 0 Å². The fraction of sp³-hybridized carbons (Fsp3) is 0.583. The van der Waals surface area contributed by atoms with Crippen molar-refractivity contribution in [2.75, 3.05) is 17.6 Å². The molecule has 0 fully saturated rings. The molecule has 0 aliphatic heterocycles. The zero-order valence-electron chi connectivity index (χ0n) is 10.1. The van der Waals surface area contributed by atoms with Crippen LogP contribution < -0.4 is 11.1 Å². The van der Waals surface area contributed by atoms with Gasteiger partial charge in [0.25, 0.3) is 0 Å². The number of hydrogen-bond donors (Lipinski definition) is 2. The van der Waals surface area contributed by atoms with Crippen molar-refractivity contribution in [1.29, 1.82) is 0 Å². The second-order valence-electron chi connectivity index (χ2n) is 4.76. The third kappa shape index (κ3) is 3.42. The first kappa shape index (κ1) is 11.8. The molecule has 1 aromatic heterocycles. The Morgan fingerprint density at radius 3 is 2.67 bits per heavy atom. The molecule has 1 heterocycles. The summed E-state index contributed by atoms with van der Waals surface area (Å²) in [5.74, 6) is 0.802. The highest BCUT2D eigenvalue weighted by molar-refractivity contribution is 5.61. The van der Waals surface area contributed by atoms with Crippen LogP contribution in [0.4, 0.5) is 11.5 Å². The average Bonchev–Trinajstić information content (AvgIpc) is 2.20. The molecule has 0 aromatic carbocycles. The predicted molar refractivity (Wildman–Crippen MR) is 65.9 cm³/mol. The fourth-order valence-electron chi connectivity index (χ4n) is 1.16. The molecule has 0 unspecified atom stereocenters. The monoisotopic (exact) mass is 207 g/mol. The minimum Gasteiger partial charge on any atom is -0.396 e. The van der Waals surface area contributed by atoms with Crippen LogP contribution >= 0.6 is 0 Å². The van der Waals surface area contributed by atoms with E-state index in [1.54, 1.807) is 0 Å². The summed E-state index contributed by atoms with van der Waals surface area (Å²) in [5.41, 5.74) is 7.81. The molecule has 3 heteroatoms. The number of aryl methyl sites for hydroxylation is 1. The van der Waals surface area contributed by atoms with E-state index in [0.29, 0.717) is 5.69 Å². The molecule has 1 aromatic rings. The van der Waals surface area contributed by atoms with Crippen LogP contribution in [0.3, 0.4) is 0 Å². The molecule has 15 heavy (non-hydrogen) atoms. The molecule has 0 saturated heterocycles. The number of rotatable bonds is 4. The molecule has 3 nitrogen and oxygen atoms in total. The Morgan fingerprint density at radius 1 is 1.40 bits per heavy atom. The molecule has 0 atom stereocenters. The highest BCUT2D eigenvalue weighted by Gasteiger charge is 2.15. The summed E-state index contributed by atoms with van der Waals surface area (Å²) in [6.45, 7) is 9.51. The second-order valence-corrected chi connectivity index (χ2v) is 4.76. The summed E-state index contributed by atoms with van der Waals surface area (Å²) in [4.78, 5) is 4.37. The Morgan fingerprint density at radius 2 is 2.07 bits per heavy atom. The summed E-state index contributed by atoms with van der Waals surface area (Å²) in [5, 5.41) is 3.31. The zero-order chi connectivity index (χ0) is 11.5. The molecule has 0 spiro atoms. The Balaban J connectivity index is 2.69. The Bertz CT molecular complexity index is 332. The molecular weight excluding hydrogens is 186 g/mol. The predicted octanol–water partition coefficient (Wildman–Crippen LogP) is 2.82. The number of pyridine rings is 1. The van der Waals surface area contributed by atoms with Crippen molar-refractivity contribution < 1.29 is 0 Å². The summed E-state index contributed by atoms with van der Waals surface area (Å²) in [6, 6.07) is 3.81. The van der Waals surface area contributed by atoms with E-state index in [0.717, 1.165) is 24.5 Å². The van der Waals surface area contributed by atoms with E-state index in [1.807, 2.05) is 19.1 Å². The zero-order valence-corrected chi connectivity index (χ0v) is 10.1. The molecule has 0 amide bonds. The van der Waals surface area contributed by atoms with Crippen LogP contribution in [0.2, 0.25) is 0 Å². The number of nitrogens with one attached hydrogen (secondary N) is 1. The molecule has 0 bridgehead atoms. The van der Waals surface area contributed by atoms with Gasteiger partial charge < -0.3 is 11.1 Å². The van der Waals surface area contributed by atoms with E-state index in [-0.39, 0.29) is 5.41 Å². The van der Waals surface area contributed by atoms with Gasteiger partial charge in [-0.2, -0.15) is 0 Å². The molecular formula is C12H21N3. The number of nitrogens with two attached hydrogens (primary N) is 1. The Kier molecular flexibility index (Phi) is 3.56. The van der Waals surface area contributed by atoms with Gasteiger partial charge >= 0.3 is 0 Å². The van der Waals surface area contributed by atoms with Gasteiger partial charge in [-0.05, 0) is 30.9 Å². The second kappa shape index (κ2) is 4.51. The minimum atomic E-state index is 0.276. The normalized spacial score (nSPS) is 11.5. The first-order valence-electron chi connectivity index (χ1n) is 5.41. The highest BCUT2D eigenvalue weighted by Crippen LogP contribution is 2.22. The fourth-order valence-corrected chi connectivity index (χ4v) is 1.16. The number of anilines is 2. The van der Waals surface area contributed by atoms with Gasteiger partial charge in [-0.1, -0.05) is 20.8 Å². The lowest BCUT2D eigenvalue weighted by Crippen LogP contribution is -2.23. The number of nitrogens with zero attached hydrogens (tertiary/aromatic N) is 1. The van der Waals surface area contributed by atoms with Gasteiger partial charge in [0.05, 0.1) is 5.69 Å². The van der Waals surface area contributed by atoms with E-state index in [4.69, 9.17) is 5.73 Å². The number of hydrogen-bond acceptors (Lipinski definition) is 3. The van der Waals surface area contributed by atoms with Crippen LogP contribution in [0, 0.1) is 12.3 Å². The van der Waals surface area contributed by atoms with Crippen LogP contribution in [-0.4, -0.2) is 11.5 Å². The van der Waals surface area contributed by atoms with Gasteiger partial charge in [0, 0.05) is 12.2 Å². The van der Waals surface area contributed by atoms with E-state index >= 15 is 0 Å². The number of aromatic nitrogens is 1. The smallest absolute Gasteiger partial charge is 0.149 e. The van der Waals surface area contributed by atoms with Crippen LogP contribution in [0.25, 0.3) is 0 Å². The van der Waals surface area contributed by atoms with E-state index < -0.39 is 0 Å². The quantitative estimate of drug-likeness (QED) is 0.798. The van der Waals surface area contributed by atoms with Crippen molar-refractivity contribution in [2.24, 2.45) is 5.41 Å². The molecule has 84 valence electrons. The van der Waals surface area contributed by atoms with Gasteiger partial charge in [-0.25, -0.2) is 4.98 Å². The van der Waals surface area contributed by atoms with Crippen LogP contribution in [-0.2, 0) is 0 Å². The molecule has 0 aliphatic rings. The van der Waals surface area contributed by atoms with Crippen molar-refractivity contribution in [3.8, 4) is 0 Å². The van der Waals surface area contributed by atoms with Crippen molar-refractivity contribution in [2.45, 2.75) is 34.1 Å². The Labute approximate surface area is 92.1 Å². The third-order valence-corrected chi connectivity index (χ3v) is 2.76. The largest absolute Gasteiger partial charge is 0.396 e. The first-order chi connectivity index (χ1) is 6.94. The number of nitrogen functional groups attached to an aromatic ring is 1. The van der Waals surface area contributed by atoms with Crippen molar-refractivity contribution >= 4 is 11.5 Å². The summed E-state index contributed by atoms with van der Waals surface area (Å²) in [6.07, 6.45) is 1.13. The van der Waals surface area contributed by atoms with E-state index in [9.17, 15) is 0 Å². The highest BCUT2D eigenvalue weighted by atomic mass is 15.0.